The van der Waals surface area contributed by atoms with Crippen molar-refractivity contribution in [2.24, 2.45) is 0 Å². The average molecular weight is 443 g/mol. The molecule has 0 unspecified atom stereocenters. The molecule has 0 aliphatic carbocycles. The first-order valence-electron chi connectivity index (χ1n) is 8.76. The topological polar surface area (TPSA) is 93.1 Å². The Morgan fingerprint density at radius 3 is 2.75 bits per heavy atom. The van der Waals surface area contributed by atoms with Crippen molar-refractivity contribution in [1.82, 2.24) is 20.2 Å². The van der Waals surface area contributed by atoms with Gasteiger partial charge < -0.3 is 10.6 Å². The fourth-order valence-electron chi connectivity index (χ4n) is 2.74. The van der Waals surface area contributed by atoms with Crippen molar-refractivity contribution in [1.29, 1.82) is 0 Å². The number of carbonyl (C=O) groups is 2. The fourth-order valence-corrected chi connectivity index (χ4v) is 3.10. The largest absolute Gasteiger partial charge is 0.352 e. The van der Waals surface area contributed by atoms with E-state index in [0.717, 1.165) is 10.0 Å². The number of nitrogens with one attached hydrogen (secondary N) is 2. The van der Waals surface area contributed by atoms with Gasteiger partial charge in [-0.3, -0.25) is 19.0 Å². The van der Waals surface area contributed by atoms with Gasteiger partial charge in [0.05, 0.1) is 17.2 Å². The summed E-state index contributed by atoms with van der Waals surface area (Å²) in [5.74, 6) is -0.475. The van der Waals surface area contributed by atoms with E-state index in [2.05, 4.69) is 31.5 Å². The van der Waals surface area contributed by atoms with Gasteiger partial charge in [0.25, 0.3) is 11.5 Å². The molecule has 0 fully saturated rings. The first-order valence-corrected chi connectivity index (χ1v) is 9.55. The number of hydrogen-bond donors (Lipinski definition) is 2. The fraction of sp³-hybridized carbons (Fsp3) is 0.200. The molecule has 28 heavy (non-hydrogen) atoms. The Morgan fingerprint density at radius 1 is 1.14 bits per heavy atom. The lowest BCUT2D eigenvalue weighted by atomic mass is 10.1. The number of nitrogens with zero attached hydrogens (tertiary/aromatic N) is 2. The Bertz CT molecular complexity index is 1090. The molecule has 1 aromatic heterocycles. The number of hydrogen-bond acceptors (Lipinski definition) is 4. The highest BCUT2D eigenvalue weighted by molar-refractivity contribution is 9.10. The van der Waals surface area contributed by atoms with Crippen molar-refractivity contribution in [3.8, 4) is 0 Å². The van der Waals surface area contributed by atoms with E-state index >= 15 is 0 Å². The summed E-state index contributed by atoms with van der Waals surface area (Å²) < 4.78 is 2.04. The van der Waals surface area contributed by atoms with Crippen molar-refractivity contribution in [3.05, 3.63) is 74.7 Å². The van der Waals surface area contributed by atoms with E-state index in [0.29, 0.717) is 23.0 Å². The molecule has 0 aliphatic rings. The summed E-state index contributed by atoms with van der Waals surface area (Å²) in [6, 6.07) is 12.3. The molecular weight excluding hydrogens is 424 g/mol. The lowest BCUT2D eigenvalue weighted by Gasteiger charge is -2.09. The van der Waals surface area contributed by atoms with Gasteiger partial charge in [-0.15, -0.1) is 0 Å². The Labute approximate surface area is 169 Å². The van der Waals surface area contributed by atoms with Gasteiger partial charge in [-0.2, -0.15) is 0 Å². The molecule has 7 nitrogen and oxygen atoms in total. The third-order valence-corrected chi connectivity index (χ3v) is 4.61. The highest BCUT2D eigenvalue weighted by Gasteiger charge is 2.09. The first kappa shape index (κ1) is 19.8. The van der Waals surface area contributed by atoms with Crippen molar-refractivity contribution in [2.45, 2.75) is 20.0 Å². The number of benzene rings is 2. The number of aromatic nitrogens is 2. The van der Waals surface area contributed by atoms with Crippen LogP contribution in [0, 0.1) is 0 Å². The number of carbonyl (C=O) groups excluding carboxylic acids is 2. The van der Waals surface area contributed by atoms with Crippen molar-refractivity contribution < 1.29 is 9.59 Å². The van der Waals surface area contributed by atoms with E-state index in [9.17, 15) is 14.4 Å². The van der Waals surface area contributed by atoms with Crippen molar-refractivity contribution in [3.63, 3.8) is 0 Å². The summed E-state index contributed by atoms with van der Waals surface area (Å²) in [4.78, 5) is 40.9. The molecule has 0 spiro atoms. The molecule has 8 heteroatoms. The maximum absolute atomic E-state index is 12.5. The zero-order chi connectivity index (χ0) is 20.1. The first-order chi connectivity index (χ1) is 13.5. The van der Waals surface area contributed by atoms with Crippen LogP contribution in [0.5, 0.6) is 0 Å². The number of rotatable bonds is 6. The van der Waals surface area contributed by atoms with E-state index in [1.165, 1.54) is 10.9 Å². The Kier molecular flexibility index (Phi) is 6.20. The van der Waals surface area contributed by atoms with E-state index in [4.69, 9.17) is 0 Å². The van der Waals surface area contributed by atoms with Gasteiger partial charge in [0.15, 0.2) is 0 Å². The van der Waals surface area contributed by atoms with Crippen molar-refractivity contribution in [2.75, 3.05) is 6.54 Å². The lowest BCUT2D eigenvalue weighted by molar-refractivity contribution is -0.121. The maximum Gasteiger partial charge on any atom is 0.261 e. The molecule has 2 amide bonds. The Morgan fingerprint density at radius 2 is 1.96 bits per heavy atom. The molecule has 1 heterocycles. The van der Waals surface area contributed by atoms with Crippen LogP contribution in [0.2, 0.25) is 0 Å². The van der Waals surface area contributed by atoms with Crippen LogP contribution in [-0.2, 0) is 17.9 Å². The van der Waals surface area contributed by atoms with Crippen LogP contribution in [0.15, 0.2) is 58.1 Å². The Balaban J connectivity index is 1.67. The normalized spacial score (nSPS) is 10.6. The highest BCUT2D eigenvalue weighted by atomic mass is 79.9. The van der Waals surface area contributed by atoms with E-state index in [-0.39, 0.29) is 30.5 Å². The third kappa shape index (κ3) is 4.64. The number of amides is 2. The minimum absolute atomic E-state index is 0.135. The Hall–Kier alpha value is -3.00. The van der Waals surface area contributed by atoms with Gasteiger partial charge in [-0.05, 0) is 42.8 Å². The molecule has 0 saturated carbocycles. The van der Waals surface area contributed by atoms with E-state index < -0.39 is 0 Å². The number of halogens is 1. The van der Waals surface area contributed by atoms with Crippen LogP contribution < -0.4 is 16.2 Å². The summed E-state index contributed by atoms with van der Waals surface area (Å²) >= 11 is 3.33. The molecule has 144 valence electrons. The van der Waals surface area contributed by atoms with Crippen LogP contribution in [0.3, 0.4) is 0 Å². The summed E-state index contributed by atoms with van der Waals surface area (Å²) in [6.07, 6.45) is 1.37. The minimum Gasteiger partial charge on any atom is -0.352 e. The second-order valence-electron chi connectivity index (χ2n) is 6.18. The van der Waals surface area contributed by atoms with Gasteiger partial charge >= 0.3 is 0 Å². The molecule has 3 aromatic rings. The monoisotopic (exact) mass is 442 g/mol. The molecular formula is C20H19BrN4O3. The molecule has 0 radical (unpaired) electrons. The standard InChI is InChI=1S/C20H19BrN4O3/c1-2-22-19(27)14-5-3-4-13(8-14)10-23-18(26)11-25-12-24-17-7-6-15(21)9-16(17)20(25)28/h3-9,12H,2,10-11H2,1H3,(H,22,27)(H,23,26). The summed E-state index contributed by atoms with van der Waals surface area (Å²) in [7, 11) is 0. The smallest absolute Gasteiger partial charge is 0.261 e. The lowest BCUT2D eigenvalue weighted by Crippen LogP contribution is -2.32. The SMILES string of the molecule is CCNC(=O)c1cccc(CNC(=O)Cn2cnc3ccc(Br)cc3c2=O)c1. The summed E-state index contributed by atoms with van der Waals surface area (Å²) in [5.41, 5.74) is 1.63. The van der Waals surface area contributed by atoms with Gasteiger partial charge in [-0.1, -0.05) is 28.1 Å². The highest BCUT2D eigenvalue weighted by Crippen LogP contribution is 2.14. The molecule has 2 aromatic carbocycles. The molecule has 0 atom stereocenters. The van der Waals surface area contributed by atoms with Crippen LogP contribution in [0.25, 0.3) is 10.9 Å². The predicted octanol–water partition coefficient (Wildman–Crippen LogP) is 2.23. The van der Waals surface area contributed by atoms with Crippen LogP contribution in [0.4, 0.5) is 0 Å². The molecule has 0 aliphatic heterocycles. The van der Waals surface area contributed by atoms with Crippen molar-refractivity contribution >= 4 is 38.6 Å². The zero-order valence-corrected chi connectivity index (χ0v) is 16.8. The second kappa shape index (κ2) is 8.79. The molecule has 0 bridgehead atoms. The molecule has 3 rings (SSSR count). The summed E-state index contributed by atoms with van der Waals surface area (Å²) in [5, 5.41) is 5.95. The molecule has 2 N–H and O–H groups in total. The van der Waals surface area contributed by atoms with E-state index in [1.54, 1.807) is 36.4 Å². The van der Waals surface area contributed by atoms with Crippen LogP contribution in [0.1, 0.15) is 22.8 Å². The molecule has 0 saturated heterocycles. The van der Waals surface area contributed by atoms with Gasteiger partial charge in [-0.25, -0.2) is 4.98 Å². The maximum atomic E-state index is 12.5. The second-order valence-corrected chi connectivity index (χ2v) is 7.09. The van der Waals surface area contributed by atoms with Gasteiger partial charge in [0.1, 0.15) is 6.54 Å². The summed E-state index contributed by atoms with van der Waals surface area (Å²) in [6.45, 7) is 2.52. The van der Waals surface area contributed by atoms with Gasteiger partial charge in [0.2, 0.25) is 5.91 Å². The quantitative estimate of drug-likeness (QED) is 0.611. The van der Waals surface area contributed by atoms with Crippen LogP contribution in [-0.4, -0.2) is 27.9 Å². The minimum atomic E-state index is -0.318. The average Bonchev–Trinajstić information content (AvgIpc) is 2.69. The van der Waals surface area contributed by atoms with E-state index in [1.807, 2.05) is 13.0 Å². The van der Waals surface area contributed by atoms with Crippen LogP contribution >= 0.6 is 15.9 Å². The van der Waals surface area contributed by atoms with Gasteiger partial charge in [0, 0.05) is 23.1 Å². The third-order valence-electron chi connectivity index (χ3n) is 4.12. The predicted molar refractivity (Wildman–Crippen MR) is 110 cm³/mol. The number of fused-ring (bicyclic) bond motifs is 1. The zero-order valence-electron chi connectivity index (χ0n) is 15.2.